The smallest absolute Gasteiger partial charge is 0.416 e. The van der Waals surface area contributed by atoms with Crippen molar-refractivity contribution in [1.29, 1.82) is 0 Å². The molecule has 3 aromatic rings. The van der Waals surface area contributed by atoms with Crippen molar-refractivity contribution < 1.29 is 45.5 Å². The van der Waals surface area contributed by atoms with Crippen LogP contribution < -0.4 is 15.8 Å². The number of nitrogens with zero attached hydrogens (tertiary/aromatic N) is 1. The maximum absolute atomic E-state index is 13.8. The first kappa shape index (κ1) is 30.4. The number of benzene rings is 3. The van der Waals surface area contributed by atoms with E-state index in [4.69, 9.17) is 10.5 Å². The molecule has 13 heteroatoms. The van der Waals surface area contributed by atoms with Crippen LogP contribution in [0.5, 0.6) is 5.75 Å². The Morgan fingerprint density at radius 2 is 1.48 bits per heavy atom. The van der Waals surface area contributed by atoms with Crippen LogP contribution in [0.1, 0.15) is 51.0 Å². The van der Waals surface area contributed by atoms with E-state index in [-0.39, 0.29) is 30.3 Å². The van der Waals surface area contributed by atoms with E-state index in [1.165, 1.54) is 24.3 Å². The van der Waals surface area contributed by atoms with E-state index in [9.17, 15) is 40.7 Å². The second-order valence-electron chi connectivity index (χ2n) is 9.52. The maximum atomic E-state index is 13.8. The molecule has 222 valence electrons. The number of ether oxygens (including phenoxy) is 1. The normalized spacial score (nSPS) is 17.0. The number of rotatable bonds is 9. The SMILES string of the molecule is NC(=O)CCN1C(=O)c2ccccc2C(C(=O)NCCOc2ccccc2)C1c1cc(C(F)(F)F)cc(C(F)(F)F)c1. The van der Waals surface area contributed by atoms with Gasteiger partial charge in [-0.05, 0) is 47.5 Å². The third-order valence-electron chi connectivity index (χ3n) is 6.68. The van der Waals surface area contributed by atoms with Crippen LogP contribution in [0.2, 0.25) is 0 Å². The topological polar surface area (TPSA) is 102 Å². The molecule has 0 aliphatic carbocycles. The van der Waals surface area contributed by atoms with Crippen molar-refractivity contribution in [3.63, 3.8) is 0 Å². The number of para-hydroxylation sites is 1. The van der Waals surface area contributed by atoms with Crippen molar-refractivity contribution >= 4 is 17.7 Å². The number of nitrogens with one attached hydrogen (secondary N) is 1. The van der Waals surface area contributed by atoms with E-state index in [2.05, 4.69) is 5.32 Å². The number of primary amides is 1. The second-order valence-corrected chi connectivity index (χ2v) is 9.52. The molecular weight excluding hydrogens is 568 g/mol. The molecule has 2 atom stereocenters. The van der Waals surface area contributed by atoms with Crippen molar-refractivity contribution in [3.05, 3.63) is 101 Å². The highest BCUT2D eigenvalue weighted by atomic mass is 19.4. The Morgan fingerprint density at radius 3 is 2.07 bits per heavy atom. The van der Waals surface area contributed by atoms with Gasteiger partial charge in [-0.3, -0.25) is 14.4 Å². The molecule has 42 heavy (non-hydrogen) atoms. The van der Waals surface area contributed by atoms with Crippen LogP contribution in [0.3, 0.4) is 0 Å². The highest BCUT2D eigenvalue weighted by molar-refractivity contribution is 6.01. The minimum atomic E-state index is -5.17. The number of alkyl halides is 6. The van der Waals surface area contributed by atoms with Gasteiger partial charge in [-0.25, -0.2) is 0 Å². The third kappa shape index (κ3) is 6.84. The van der Waals surface area contributed by atoms with Crippen molar-refractivity contribution in [3.8, 4) is 5.75 Å². The van der Waals surface area contributed by atoms with Gasteiger partial charge in [0.25, 0.3) is 5.91 Å². The molecule has 0 saturated heterocycles. The number of carbonyl (C=O) groups excluding carboxylic acids is 3. The maximum Gasteiger partial charge on any atom is 0.416 e. The fourth-order valence-electron chi connectivity index (χ4n) is 4.84. The molecule has 1 aliphatic rings. The van der Waals surface area contributed by atoms with Crippen LogP contribution in [0.4, 0.5) is 26.3 Å². The molecule has 0 fully saturated rings. The van der Waals surface area contributed by atoms with Crippen molar-refractivity contribution in [2.24, 2.45) is 5.73 Å². The molecule has 0 saturated carbocycles. The Labute approximate surface area is 236 Å². The van der Waals surface area contributed by atoms with E-state index < -0.39 is 71.7 Å². The van der Waals surface area contributed by atoms with Gasteiger partial charge in [-0.2, -0.15) is 26.3 Å². The average Bonchev–Trinajstić information content (AvgIpc) is 2.94. The Hall–Kier alpha value is -4.55. The average molecular weight is 594 g/mol. The summed E-state index contributed by atoms with van der Waals surface area (Å²) in [4.78, 5) is 39.7. The number of nitrogens with two attached hydrogens (primary N) is 1. The van der Waals surface area contributed by atoms with Crippen molar-refractivity contribution in [2.75, 3.05) is 19.7 Å². The van der Waals surface area contributed by atoms with Gasteiger partial charge in [0.15, 0.2) is 0 Å². The lowest BCUT2D eigenvalue weighted by atomic mass is 9.78. The summed E-state index contributed by atoms with van der Waals surface area (Å²) in [7, 11) is 0. The van der Waals surface area contributed by atoms with Crippen LogP contribution in [0, 0.1) is 0 Å². The van der Waals surface area contributed by atoms with E-state index in [1.54, 1.807) is 30.3 Å². The lowest BCUT2D eigenvalue weighted by Crippen LogP contribution is -2.48. The fourth-order valence-corrected chi connectivity index (χ4v) is 4.84. The van der Waals surface area contributed by atoms with Gasteiger partial charge < -0.3 is 20.7 Å². The summed E-state index contributed by atoms with van der Waals surface area (Å²) in [5.41, 5.74) is 1.58. The molecule has 0 radical (unpaired) electrons. The summed E-state index contributed by atoms with van der Waals surface area (Å²) in [6, 6.07) is 13.7. The predicted molar refractivity (Wildman–Crippen MR) is 138 cm³/mol. The lowest BCUT2D eigenvalue weighted by Gasteiger charge is -2.42. The van der Waals surface area contributed by atoms with Gasteiger partial charge >= 0.3 is 12.4 Å². The minimum absolute atomic E-state index is 0.000881. The Morgan fingerprint density at radius 1 is 0.881 bits per heavy atom. The summed E-state index contributed by atoms with van der Waals surface area (Å²) in [5, 5.41) is 2.62. The molecule has 0 aromatic heterocycles. The number of amides is 3. The monoisotopic (exact) mass is 593 g/mol. The van der Waals surface area contributed by atoms with Gasteiger partial charge in [-0.1, -0.05) is 36.4 Å². The standard InChI is InChI=1S/C29H25F6N3O4/c30-28(31,32)18-14-17(15-19(16-18)29(33,34)35)25-24(26(40)37-11-13-42-20-6-2-1-3-7-20)21-8-4-5-9-22(21)27(41)38(25)12-10-23(36)39/h1-9,14-16,24-25H,10-13H2,(H2,36,39)(H,37,40). The molecule has 7 nitrogen and oxygen atoms in total. The summed E-state index contributed by atoms with van der Waals surface area (Å²) < 4.78 is 88.2. The van der Waals surface area contributed by atoms with Crippen LogP contribution in [0.25, 0.3) is 0 Å². The Kier molecular flexibility index (Phi) is 8.78. The first-order chi connectivity index (χ1) is 19.8. The molecular formula is C29H25F6N3O4. The van der Waals surface area contributed by atoms with E-state index >= 15 is 0 Å². The minimum Gasteiger partial charge on any atom is -0.492 e. The van der Waals surface area contributed by atoms with Crippen molar-refractivity contribution in [1.82, 2.24) is 10.2 Å². The zero-order valence-corrected chi connectivity index (χ0v) is 21.8. The first-order valence-electron chi connectivity index (χ1n) is 12.7. The molecule has 1 aliphatic heterocycles. The highest BCUT2D eigenvalue weighted by Crippen LogP contribution is 2.46. The van der Waals surface area contributed by atoms with Crippen LogP contribution in [-0.2, 0) is 21.9 Å². The molecule has 3 N–H and O–H groups in total. The number of halogens is 6. The largest absolute Gasteiger partial charge is 0.492 e. The summed E-state index contributed by atoms with van der Waals surface area (Å²) in [6.07, 6.45) is -10.8. The Balaban J connectivity index is 1.80. The molecule has 0 spiro atoms. The zero-order chi connectivity index (χ0) is 30.7. The third-order valence-corrected chi connectivity index (χ3v) is 6.68. The quantitative estimate of drug-likeness (QED) is 0.267. The van der Waals surface area contributed by atoms with E-state index in [0.29, 0.717) is 17.9 Å². The molecule has 1 heterocycles. The molecule has 4 rings (SSSR count). The number of hydrogen-bond acceptors (Lipinski definition) is 4. The van der Waals surface area contributed by atoms with Gasteiger partial charge in [0, 0.05) is 18.5 Å². The van der Waals surface area contributed by atoms with Crippen LogP contribution in [0.15, 0.2) is 72.8 Å². The summed E-state index contributed by atoms with van der Waals surface area (Å²) in [5.74, 6) is -3.34. The fraction of sp³-hybridized carbons (Fsp3) is 0.276. The molecule has 2 unspecified atom stereocenters. The van der Waals surface area contributed by atoms with Gasteiger partial charge in [0.05, 0.1) is 29.6 Å². The second kappa shape index (κ2) is 12.1. The molecule has 3 amide bonds. The molecule has 0 bridgehead atoms. The van der Waals surface area contributed by atoms with Crippen molar-refractivity contribution in [2.45, 2.75) is 30.7 Å². The number of hydrogen-bond donors (Lipinski definition) is 2. The summed E-state index contributed by atoms with van der Waals surface area (Å²) in [6.45, 7) is -0.517. The highest BCUT2D eigenvalue weighted by Gasteiger charge is 2.46. The zero-order valence-electron chi connectivity index (χ0n) is 21.8. The van der Waals surface area contributed by atoms with Gasteiger partial charge in [0.2, 0.25) is 11.8 Å². The van der Waals surface area contributed by atoms with Gasteiger partial charge in [-0.15, -0.1) is 0 Å². The first-order valence-corrected chi connectivity index (χ1v) is 12.7. The predicted octanol–water partition coefficient (Wildman–Crippen LogP) is 5.08. The van der Waals surface area contributed by atoms with Crippen LogP contribution >= 0.6 is 0 Å². The summed E-state index contributed by atoms with van der Waals surface area (Å²) >= 11 is 0. The Bertz CT molecular complexity index is 1430. The van der Waals surface area contributed by atoms with E-state index in [0.717, 1.165) is 4.90 Å². The van der Waals surface area contributed by atoms with E-state index in [1.807, 2.05) is 0 Å². The van der Waals surface area contributed by atoms with Gasteiger partial charge in [0.1, 0.15) is 12.4 Å². The number of carbonyl (C=O) groups is 3. The molecule has 3 aromatic carbocycles. The number of fused-ring (bicyclic) bond motifs is 1. The lowest BCUT2D eigenvalue weighted by molar-refractivity contribution is -0.143. The van der Waals surface area contributed by atoms with Crippen LogP contribution in [-0.4, -0.2) is 42.3 Å².